The predicted octanol–water partition coefficient (Wildman–Crippen LogP) is 5.24. The molecule has 3 aliphatic rings. The molecule has 1 saturated carbocycles. The number of thiocarbonyl (C=S) groups is 1. The molecule has 7 nitrogen and oxygen atoms in total. The fourth-order valence-corrected chi connectivity index (χ4v) is 5.75. The van der Waals surface area contributed by atoms with Crippen molar-refractivity contribution in [2.45, 2.75) is 50.7 Å². The fourth-order valence-electron chi connectivity index (χ4n) is 5.51. The van der Waals surface area contributed by atoms with Gasteiger partial charge in [0.05, 0.1) is 13.7 Å². The molecule has 1 saturated heterocycles. The summed E-state index contributed by atoms with van der Waals surface area (Å²) in [7, 11) is 1.66. The molecule has 2 fully saturated rings. The number of hydrogen-bond donors (Lipinski definition) is 1. The van der Waals surface area contributed by atoms with Crippen molar-refractivity contribution in [2.24, 2.45) is 5.92 Å². The SMILES string of the molecule is COc1ccc(NC(=S)OC2CCN(CCCOc3ccc4c(c3)OCO4)C3CCCCC23)cc1. The van der Waals surface area contributed by atoms with Crippen LogP contribution in [-0.4, -0.2) is 55.8 Å². The van der Waals surface area contributed by atoms with Crippen molar-refractivity contribution in [2.75, 3.05) is 38.9 Å². The normalized spacial score (nSPS) is 23.3. The van der Waals surface area contributed by atoms with E-state index in [0.29, 0.717) is 23.7 Å². The molecule has 3 unspecified atom stereocenters. The minimum Gasteiger partial charge on any atom is -0.497 e. The Labute approximate surface area is 212 Å². The highest BCUT2D eigenvalue weighted by Gasteiger charge is 2.40. The van der Waals surface area contributed by atoms with Gasteiger partial charge in [0.15, 0.2) is 11.5 Å². The van der Waals surface area contributed by atoms with Crippen LogP contribution in [-0.2, 0) is 4.74 Å². The molecular weight excluding hydrogens is 464 g/mol. The molecule has 3 atom stereocenters. The summed E-state index contributed by atoms with van der Waals surface area (Å²) in [6.45, 7) is 3.03. The Morgan fingerprint density at radius 2 is 1.83 bits per heavy atom. The summed E-state index contributed by atoms with van der Waals surface area (Å²) in [6, 6.07) is 14.0. The molecule has 2 aromatic carbocycles. The van der Waals surface area contributed by atoms with Gasteiger partial charge >= 0.3 is 0 Å². The number of fused-ring (bicyclic) bond motifs is 2. The van der Waals surface area contributed by atoms with Crippen LogP contribution in [0.3, 0.4) is 0 Å². The minimum absolute atomic E-state index is 0.166. The van der Waals surface area contributed by atoms with E-state index in [9.17, 15) is 0 Å². The van der Waals surface area contributed by atoms with Gasteiger partial charge in [-0.1, -0.05) is 12.8 Å². The van der Waals surface area contributed by atoms with Crippen molar-refractivity contribution in [3.63, 3.8) is 0 Å². The van der Waals surface area contributed by atoms with Crippen molar-refractivity contribution in [3.05, 3.63) is 42.5 Å². The summed E-state index contributed by atoms with van der Waals surface area (Å²) >= 11 is 5.55. The Bertz CT molecular complexity index is 1000. The largest absolute Gasteiger partial charge is 0.497 e. The van der Waals surface area contributed by atoms with Crippen molar-refractivity contribution in [3.8, 4) is 23.0 Å². The quantitative estimate of drug-likeness (QED) is 0.392. The first-order chi connectivity index (χ1) is 17.2. The van der Waals surface area contributed by atoms with Gasteiger partial charge in [0, 0.05) is 36.8 Å². The van der Waals surface area contributed by atoms with E-state index < -0.39 is 0 Å². The maximum Gasteiger partial charge on any atom is 0.261 e. The molecule has 2 aromatic rings. The third-order valence-electron chi connectivity index (χ3n) is 7.23. The van der Waals surface area contributed by atoms with Crippen LogP contribution < -0.4 is 24.3 Å². The molecule has 0 spiro atoms. The second kappa shape index (κ2) is 11.4. The molecule has 1 aliphatic carbocycles. The number of piperidine rings is 1. The Morgan fingerprint density at radius 3 is 2.69 bits per heavy atom. The average molecular weight is 499 g/mol. The molecule has 188 valence electrons. The zero-order chi connectivity index (χ0) is 24.0. The van der Waals surface area contributed by atoms with E-state index in [1.54, 1.807) is 7.11 Å². The highest BCUT2D eigenvalue weighted by molar-refractivity contribution is 7.80. The monoisotopic (exact) mass is 498 g/mol. The third kappa shape index (κ3) is 5.93. The highest BCUT2D eigenvalue weighted by Crippen LogP contribution is 2.38. The Morgan fingerprint density at radius 1 is 1.03 bits per heavy atom. The minimum atomic E-state index is 0.166. The number of benzene rings is 2. The van der Waals surface area contributed by atoms with Gasteiger partial charge < -0.3 is 29.0 Å². The standard InChI is InChI=1S/C27H34N2O5S/c1-30-20-9-7-19(8-10-20)28-27(35)34-24-13-15-29(23-6-3-2-5-22(23)24)14-4-16-31-21-11-12-25-26(17-21)33-18-32-25/h7-12,17,22-24H,2-6,13-16,18H2,1H3,(H,28,35). The average Bonchev–Trinajstić information content (AvgIpc) is 3.36. The lowest BCUT2D eigenvalue weighted by atomic mass is 9.76. The smallest absolute Gasteiger partial charge is 0.261 e. The Balaban J connectivity index is 1.10. The zero-order valence-corrected chi connectivity index (χ0v) is 21.1. The number of ether oxygens (including phenoxy) is 5. The van der Waals surface area contributed by atoms with Gasteiger partial charge in [-0.15, -0.1) is 0 Å². The molecule has 0 amide bonds. The summed E-state index contributed by atoms with van der Waals surface area (Å²) in [5.74, 6) is 3.71. The van der Waals surface area contributed by atoms with Crippen LogP contribution in [0.15, 0.2) is 42.5 Å². The van der Waals surface area contributed by atoms with Crippen LogP contribution in [0.25, 0.3) is 0 Å². The lowest BCUT2D eigenvalue weighted by molar-refractivity contribution is -0.0288. The Kier molecular flexibility index (Phi) is 7.79. The number of methoxy groups -OCH3 is 1. The number of hydrogen-bond acceptors (Lipinski definition) is 7. The summed E-state index contributed by atoms with van der Waals surface area (Å²) in [5, 5.41) is 3.68. The molecule has 2 heterocycles. The first-order valence-electron chi connectivity index (χ1n) is 12.6. The van der Waals surface area contributed by atoms with Crippen molar-refractivity contribution >= 4 is 23.1 Å². The van der Waals surface area contributed by atoms with E-state index >= 15 is 0 Å². The van der Waals surface area contributed by atoms with Gasteiger partial charge in [0.2, 0.25) is 6.79 Å². The zero-order valence-electron chi connectivity index (χ0n) is 20.2. The molecule has 2 aliphatic heterocycles. The molecule has 35 heavy (non-hydrogen) atoms. The van der Waals surface area contributed by atoms with Crippen molar-refractivity contribution in [1.82, 2.24) is 4.90 Å². The van der Waals surface area contributed by atoms with Crippen molar-refractivity contribution < 1.29 is 23.7 Å². The highest BCUT2D eigenvalue weighted by atomic mass is 32.1. The number of rotatable bonds is 8. The molecule has 0 aromatic heterocycles. The lowest BCUT2D eigenvalue weighted by Gasteiger charge is -2.47. The van der Waals surface area contributed by atoms with Crippen LogP contribution in [0.4, 0.5) is 5.69 Å². The number of nitrogens with one attached hydrogen (secondary N) is 1. The lowest BCUT2D eigenvalue weighted by Crippen LogP contribution is -2.54. The first-order valence-corrected chi connectivity index (χ1v) is 13.0. The van der Waals surface area contributed by atoms with E-state index in [2.05, 4.69) is 10.2 Å². The second-order valence-corrected chi connectivity index (χ2v) is 9.73. The van der Waals surface area contributed by atoms with Gasteiger partial charge in [-0.05, 0) is 74.3 Å². The van der Waals surface area contributed by atoms with Gasteiger partial charge in [-0.3, -0.25) is 4.90 Å². The van der Waals surface area contributed by atoms with E-state index in [0.717, 1.165) is 54.6 Å². The number of anilines is 1. The van der Waals surface area contributed by atoms with Crippen molar-refractivity contribution in [1.29, 1.82) is 0 Å². The summed E-state index contributed by atoms with van der Waals surface area (Å²) in [6.07, 6.45) is 7.12. The fraction of sp³-hybridized carbons (Fsp3) is 0.519. The van der Waals surface area contributed by atoms with Gasteiger partial charge in [-0.25, -0.2) is 0 Å². The molecule has 5 rings (SSSR count). The predicted molar refractivity (Wildman–Crippen MR) is 139 cm³/mol. The van der Waals surface area contributed by atoms with Gasteiger partial charge in [-0.2, -0.15) is 0 Å². The maximum atomic E-state index is 6.31. The third-order valence-corrected chi connectivity index (χ3v) is 7.42. The molecule has 8 heteroatoms. The summed E-state index contributed by atoms with van der Waals surface area (Å²) < 4.78 is 28.3. The molecule has 1 N–H and O–H groups in total. The van der Waals surface area contributed by atoms with Crippen LogP contribution >= 0.6 is 12.2 Å². The molecule has 0 radical (unpaired) electrons. The first kappa shape index (κ1) is 24.0. The van der Waals surface area contributed by atoms with Crippen LogP contribution in [0.1, 0.15) is 38.5 Å². The maximum absolute atomic E-state index is 6.31. The number of nitrogens with zero attached hydrogens (tertiary/aromatic N) is 1. The summed E-state index contributed by atoms with van der Waals surface area (Å²) in [5.41, 5.74) is 0.913. The van der Waals surface area contributed by atoms with Crippen LogP contribution in [0.5, 0.6) is 23.0 Å². The Hall–Kier alpha value is -2.71. The second-order valence-electron chi connectivity index (χ2n) is 9.35. The number of likely N-dealkylation sites (tertiary alicyclic amines) is 1. The van der Waals surface area contributed by atoms with Crippen LogP contribution in [0.2, 0.25) is 0 Å². The van der Waals surface area contributed by atoms with E-state index in [4.69, 9.17) is 35.9 Å². The topological polar surface area (TPSA) is 61.4 Å². The van der Waals surface area contributed by atoms with E-state index in [1.165, 1.54) is 25.7 Å². The van der Waals surface area contributed by atoms with E-state index in [-0.39, 0.29) is 12.9 Å². The van der Waals surface area contributed by atoms with Crippen LogP contribution in [0, 0.1) is 5.92 Å². The van der Waals surface area contributed by atoms with Gasteiger partial charge in [0.25, 0.3) is 5.17 Å². The molecule has 0 bridgehead atoms. The summed E-state index contributed by atoms with van der Waals surface area (Å²) in [4.78, 5) is 2.65. The molecular formula is C27H34N2O5S. The van der Waals surface area contributed by atoms with E-state index in [1.807, 2.05) is 42.5 Å². The van der Waals surface area contributed by atoms with Gasteiger partial charge in [0.1, 0.15) is 17.6 Å².